The Kier molecular flexibility index (Phi) is 3.94. The SMILES string of the molecule is CNCNc1cccc(C(=O)OC)c1. The van der Waals surface area contributed by atoms with E-state index in [1.165, 1.54) is 7.11 Å². The van der Waals surface area contributed by atoms with Gasteiger partial charge in [-0.25, -0.2) is 4.79 Å². The minimum atomic E-state index is -0.321. The maximum absolute atomic E-state index is 11.2. The van der Waals surface area contributed by atoms with Gasteiger partial charge in [0.25, 0.3) is 0 Å². The van der Waals surface area contributed by atoms with Crippen LogP contribution in [-0.4, -0.2) is 26.8 Å². The summed E-state index contributed by atoms with van der Waals surface area (Å²) in [7, 11) is 3.22. The molecule has 1 rings (SSSR count). The molecule has 0 unspecified atom stereocenters. The lowest BCUT2D eigenvalue weighted by Gasteiger charge is -2.06. The third-order valence-corrected chi connectivity index (χ3v) is 1.75. The van der Waals surface area contributed by atoms with E-state index in [0.717, 1.165) is 5.69 Å². The molecule has 0 aliphatic heterocycles. The molecule has 0 heterocycles. The smallest absolute Gasteiger partial charge is 0.337 e. The van der Waals surface area contributed by atoms with Gasteiger partial charge in [0, 0.05) is 5.69 Å². The Hall–Kier alpha value is -1.55. The van der Waals surface area contributed by atoms with Gasteiger partial charge in [0.05, 0.1) is 19.3 Å². The topological polar surface area (TPSA) is 50.4 Å². The van der Waals surface area contributed by atoms with Crippen molar-refractivity contribution in [2.45, 2.75) is 0 Å². The fraction of sp³-hybridized carbons (Fsp3) is 0.300. The number of carbonyl (C=O) groups excluding carboxylic acids is 1. The van der Waals surface area contributed by atoms with Crippen molar-refractivity contribution in [3.63, 3.8) is 0 Å². The molecule has 0 radical (unpaired) electrons. The average molecular weight is 194 g/mol. The highest BCUT2D eigenvalue weighted by Gasteiger charge is 2.04. The van der Waals surface area contributed by atoms with Crippen LogP contribution in [0, 0.1) is 0 Å². The number of carbonyl (C=O) groups is 1. The number of nitrogens with one attached hydrogen (secondary N) is 2. The van der Waals surface area contributed by atoms with Crippen LogP contribution in [0.3, 0.4) is 0 Å². The number of hydrogen-bond donors (Lipinski definition) is 2. The molecule has 14 heavy (non-hydrogen) atoms. The van der Waals surface area contributed by atoms with Crippen molar-refractivity contribution < 1.29 is 9.53 Å². The number of ether oxygens (including phenoxy) is 1. The van der Waals surface area contributed by atoms with E-state index in [1.54, 1.807) is 12.1 Å². The number of benzene rings is 1. The van der Waals surface area contributed by atoms with Crippen LogP contribution in [0.25, 0.3) is 0 Å². The van der Waals surface area contributed by atoms with Gasteiger partial charge in [-0.2, -0.15) is 0 Å². The minimum Gasteiger partial charge on any atom is -0.465 e. The molecule has 0 saturated heterocycles. The summed E-state index contributed by atoms with van der Waals surface area (Å²) in [5, 5.41) is 6.05. The van der Waals surface area contributed by atoms with Crippen LogP contribution in [0.1, 0.15) is 10.4 Å². The van der Waals surface area contributed by atoms with Crippen molar-refractivity contribution in [1.82, 2.24) is 5.32 Å². The van der Waals surface area contributed by atoms with E-state index in [-0.39, 0.29) is 5.97 Å². The van der Waals surface area contributed by atoms with Gasteiger partial charge in [0.2, 0.25) is 0 Å². The van der Waals surface area contributed by atoms with Gasteiger partial charge in [0.15, 0.2) is 0 Å². The van der Waals surface area contributed by atoms with Gasteiger partial charge >= 0.3 is 5.97 Å². The first-order chi connectivity index (χ1) is 6.77. The van der Waals surface area contributed by atoms with Gasteiger partial charge < -0.3 is 15.4 Å². The molecule has 4 heteroatoms. The molecular formula is C10H14N2O2. The quantitative estimate of drug-likeness (QED) is 0.556. The van der Waals surface area contributed by atoms with Crippen LogP contribution in [0.2, 0.25) is 0 Å². The normalized spacial score (nSPS) is 9.57. The first-order valence-corrected chi connectivity index (χ1v) is 4.34. The molecule has 0 bridgehead atoms. The molecule has 0 fully saturated rings. The zero-order valence-electron chi connectivity index (χ0n) is 8.33. The third-order valence-electron chi connectivity index (χ3n) is 1.75. The standard InChI is InChI=1S/C10H14N2O2/c1-11-7-12-9-5-3-4-8(6-9)10(13)14-2/h3-6,11-12H,7H2,1-2H3. The first kappa shape index (κ1) is 10.5. The summed E-state index contributed by atoms with van der Waals surface area (Å²) in [5.74, 6) is -0.321. The maximum atomic E-state index is 11.2. The second kappa shape index (κ2) is 5.24. The molecule has 4 nitrogen and oxygen atoms in total. The van der Waals surface area contributed by atoms with Gasteiger partial charge in [-0.3, -0.25) is 0 Å². The van der Waals surface area contributed by atoms with E-state index in [1.807, 2.05) is 19.2 Å². The lowest BCUT2D eigenvalue weighted by atomic mass is 10.2. The molecule has 0 aliphatic rings. The Morgan fingerprint density at radius 1 is 1.50 bits per heavy atom. The third kappa shape index (κ3) is 2.74. The van der Waals surface area contributed by atoms with Gasteiger partial charge in [-0.1, -0.05) is 6.07 Å². The van der Waals surface area contributed by atoms with Crippen molar-refractivity contribution in [3.8, 4) is 0 Å². The summed E-state index contributed by atoms with van der Waals surface area (Å²) in [5.41, 5.74) is 1.44. The predicted molar refractivity (Wildman–Crippen MR) is 55.3 cm³/mol. The Balaban J connectivity index is 2.73. The van der Waals surface area contributed by atoms with Crippen molar-refractivity contribution in [1.29, 1.82) is 0 Å². The lowest BCUT2D eigenvalue weighted by Crippen LogP contribution is -2.16. The van der Waals surface area contributed by atoms with Crippen LogP contribution < -0.4 is 10.6 Å². The second-order valence-corrected chi connectivity index (χ2v) is 2.78. The Morgan fingerprint density at radius 3 is 2.93 bits per heavy atom. The molecular weight excluding hydrogens is 180 g/mol. The average Bonchev–Trinajstić information content (AvgIpc) is 2.25. The molecule has 0 spiro atoms. The summed E-state index contributed by atoms with van der Waals surface area (Å²) in [6.45, 7) is 0.657. The van der Waals surface area contributed by atoms with Gasteiger partial charge in [-0.05, 0) is 25.2 Å². The van der Waals surface area contributed by atoms with Crippen molar-refractivity contribution in [3.05, 3.63) is 29.8 Å². The summed E-state index contributed by atoms with van der Waals surface area (Å²) in [6.07, 6.45) is 0. The van der Waals surface area contributed by atoms with E-state index in [4.69, 9.17) is 0 Å². The van der Waals surface area contributed by atoms with Crippen molar-refractivity contribution in [2.75, 3.05) is 26.1 Å². The molecule has 0 amide bonds. The van der Waals surface area contributed by atoms with E-state index in [0.29, 0.717) is 12.2 Å². The monoisotopic (exact) mass is 194 g/mol. The van der Waals surface area contributed by atoms with Gasteiger partial charge in [0.1, 0.15) is 0 Å². The number of esters is 1. The van der Waals surface area contributed by atoms with E-state index < -0.39 is 0 Å². The predicted octanol–water partition coefficient (Wildman–Crippen LogP) is 1.06. The molecule has 0 aromatic heterocycles. The van der Waals surface area contributed by atoms with Crippen LogP contribution in [-0.2, 0) is 4.74 Å². The van der Waals surface area contributed by atoms with E-state index >= 15 is 0 Å². The minimum absolute atomic E-state index is 0.321. The van der Waals surface area contributed by atoms with Crippen LogP contribution in [0.4, 0.5) is 5.69 Å². The van der Waals surface area contributed by atoms with E-state index in [9.17, 15) is 4.79 Å². The van der Waals surface area contributed by atoms with Crippen LogP contribution >= 0.6 is 0 Å². The zero-order chi connectivity index (χ0) is 10.4. The molecule has 1 aromatic carbocycles. The molecule has 0 saturated carbocycles. The number of hydrogen-bond acceptors (Lipinski definition) is 4. The molecule has 2 N–H and O–H groups in total. The molecule has 0 atom stereocenters. The zero-order valence-corrected chi connectivity index (χ0v) is 8.33. The van der Waals surface area contributed by atoms with Gasteiger partial charge in [-0.15, -0.1) is 0 Å². The first-order valence-electron chi connectivity index (χ1n) is 4.34. The molecule has 0 aliphatic carbocycles. The number of anilines is 1. The highest BCUT2D eigenvalue weighted by atomic mass is 16.5. The second-order valence-electron chi connectivity index (χ2n) is 2.78. The number of rotatable bonds is 4. The Morgan fingerprint density at radius 2 is 2.29 bits per heavy atom. The Labute approximate surface area is 83.3 Å². The van der Waals surface area contributed by atoms with Crippen LogP contribution in [0.5, 0.6) is 0 Å². The molecule has 76 valence electrons. The van der Waals surface area contributed by atoms with Crippen LogP contribution in [0.15, 0.2) is 24.3 Å². The highest BCUT2D eigenvalue weighted by Crippen LogP contribution is 2.10. The van der Waals surface area contributed by atoms with Crippen molar-refractivity contribution >= 4 is 11.7 Å². The highest BCUT2D eigenvalue weighted by molar-refractivity contribution is 5.90. The largest absolute Gasteiger partial charge is 0.465 e. The molecule has 1 aromatic rings. The Bertz CT molecular complexity index is 313. The number of methoxy groups -OCH3 is 1. The fourth-order valence-electron chi connectivity index (χ4n) is 1.06. The summed E-state index contributed by atoms with van der Waals surface area (Å²) in [6, 6.07) is 7.17. The summed E-state index contributed by atoms with van der Waals surface area (Å²) in [4.78, 5) is 11.2. The van der Waals surface area contributed by atoms with E-state index in [2.05, 4.69) is 15.4 Å². The fourth-order valence-corrected chi connectivity index (χ4v) is 1.06. The lowest BCUT2D eigenvalue weighted by molar-refractivity contribution is 0.0601. The maximum Gasteiger partial charge on any atom is 0.337 e. The summed E-state index contributed by atoms with van der Waals surface area (Å²) < 4.78 is 4.61. The summed E-state index contributed by atoms with van der Waals surface area (Å²) >= 11 is 0. The van der Waals surface area contributed by atoms with Crippen molar-refractivity contribution in [2.24, 2.45) is 0 Å².